The maximum absolute atomic E-state index is 12.6. The second-order valence-electron chi connectivity index (χ2n) is 7.87. The molecule has 26 heavy (non-hydrogen) atoms. The molecule has 1 aromatic carbocycles. The minimum Gasteiger partial charge on any atom is -0.446 e. The van der Waals surface area contributed by atoms with Gasteiger partial charge < -0.3 is 10.3 Å². The van der Waals surface area contributed by atoms with E-state index in [2.05, 4.69) is 4.79 Å². The molecule has 4 nitrogen and oxygen atoms in total. The smallest absolute Gasteiger partial charge is 0.416 e. The van der Waals surface area contributed by atoms with Gasteiger partial charge in [0, 0.05) is 12.8 Å². The first-order valence-corrected chi connectivity index (χ1v) is 8.89. The highest BCUT2D eigenvalue weighted by Crippen LogP contribution is 2.55. The first-order valence-electron chi connectivity index (χ1n) is 8.89. The molecule has 0 aliphatic heterocycles. The Kier molecular flexibility index (Phi) is 3.95. The van der Waals surface area contributed by atoms with Crippen molar-refractivity contribution in [2.75, 3.05) is 0 Å². The molecule has 4 aliphatic carbocycles. The van der Waals surface area contributed by atoms with Gasteiger partial charge >= 0.3 is 17.9 Å². The number of rotatable bonds is 3. The van der Waals surface area contributed by atoms with Crippen molar-refractivity contribution in [3.05, 3.63) is 40.9 Å². The van der Waals surface area contributed by atoms with Crippen LogP contribution in [0.3, 0.4) is 0 Å². The molecule has 4 bridgehead atoms. The van der Waals surface area contributed by atoms with E-state index < -0.39 is 23.3 Å². The first-order chi connectivity index (χ1) is 12.3. The summed E-state index contributed by atoms with van der Waals surface area (Å²) in [5, 5.41) is 0. The highest BCUT2D eigenvalue weighted by molar-refractivity contribution is 5.94. The van der Waals surface area contributed by atoms with Gasteiger partial charge in [0.25, 0.3) is 0 Å². The number of hydrogen-bond acceptors (Lipinski definition) is 2. The van der Waals surface area contributed by atoms with E-state index in [4.69, 9.17) is 4.74 Å². The van der Waals surface area contributed by atoms with E-state index in [-0.39, 0.29) is 12.3 Å². The predicted octanol–water partition coefficient (Wildman–Crippen LogP) is 4.04. The fraction of sp³-hybridized carbons (Fsp3) is 0.579. The number of nitrogens with zero attached hydrogens (tertiary/aromatic N) is 2. The number of alkyl halides is 3. The molecule has 0 aromatic heterocycles. The minimum absolute atomic E-state index is 0.0986. The Morgan fingerprint density at radius 3 is 2.31 bits per heavy atom. The Hall–Kier alpha value is -2.14. The van der Waals surface area contributed by atoms with Crippen LogP contribution >= 0.6 is 0 Å². The van der Waals surface area contributed by atoms with Crippen LogP contribution in [0.5, 0.6) is 0 Å². The van der Waals surface area contributed by atoms with E-state index in [1.807, 2.05) is 0 Å². The summed E-state index contributed by atoms with van der Waals surface area (Å²) in [5.41, 5.74) is 8.93. The molecule has 2 unspecified atom stereocenters. The Morgan fingerprint density at radius 1 is 1.15 bits per heavy atom. The van der Waals surface area contributed by atoms with Crippen LogP contribution in [0.1, 0.15) is 43.2 Å². The van der Waals surface area contributed by atoms with Crippen molar-refractivity contribution in [1.29, 1.82) is 0 Å². The molecule has 2 atom stereocenters. The van der Waals surface area contributed by atoms with E-state index in [0.29, 0.717) is 36.0 Å². The lowest BCUT2D eigenvalue weighted by Crippen LogP contribution is -2.60. The van der Waals surface area contributed by atoms with Gasteiger partial charge in [-0.1, -0.05) is 12.1 Å². The molecule has 138 valence electrons. The van der Waals surface area contributed by atoms with Gasteiger partial charge in [0.2, 0.25) is 5.60 Å². The first kappa shape index (κ1) is 17.3. The molecule has 0 heterocycles. The van der Waals surface area contributed by atoms with Gasteiger partial charge in [-0.25, -0.2) is 0 Å². The lowest BCUT2D eigenvalue weighted by atomic mass is 9.53. The summed E-state index contributed by atoms with van der Waals surface area (Å²) < 4.78 is 43.7. The molecule has 4 aliphatic rings. The van der Waals surface area contributed by atoms with Gasteiger partial charge in [0.15, 0.2) is 0 Å². The molecule has 4 saturated carbocycles. The molecular formula is C19H19F3N2O2. The van der Waals surface area contributed by atoms with Gasteiger partial charge in [-0.2, -0.15) is 18.0 Å². The highest BCUT2D eigenvalue weighted by Gasteiger charge is 2.62. The third-order valence-corrected chi connectivity index (χ3v) is 6.04. The zero-order valence-electron chi connectivity index (χ0n) is 14.1. The lowest BCUT2D eigenvalue weighted by Gasteiger charge is -2.52. The Morgan fingerprint density at radius 2 is 1.77 bits per heavy atom. The van der Waals surface area contributed by atoms with Crippen LogP contribution < -0.4 is 0 Å². The van der Waals surface area contributed by atoms with E-state index >= 15 is 0 Å². The summed E-state index contributed by atoms with van der Waals surface area (Å²) in [5.74, 6) is 0.645. The normalized spacial score (nSPS) is 32.4. The Balaban J connectivity index is 1.48. The molecule has 5 rings (SSSR count). The number of carbonyl (C=O) groups excluding carboxylic acids is 1. The van der Waals surface area contributed by atoms with Crippen LogP contribution in [0.25, 0.3) is 5.53 Å². The lowest BCUT2D eigenvalue weighted by molar-refractivity contribution is -0.172. The summed E-state index contributed by atoms with van der Waals surface area (Å²) in [6.45, 7) is 0. The molecule has 7 heteroatoms. The van der Waals surface area contributed by atoms with Crippen LogP contribution in [-0.4, -0.2) is 22.1 Å². The molecule has 0 spiro atoms. The summed E-state index contributed by atoms with van der Waals surface area (Å²) in [6, 6.07) is 4.53. The van der Waals surface area contributed by atoms with Crippen LogP contribution in [0, 0.1) is 17.8 Å². The summed E-state index contributed by atoms with van der Waals surface area (Å²) in [4.78, 5) is 15.9. The molecule has 1 aromatic rings. The number of benzene rings is 1. The maximum Gasteiger partial charge on any atom is 0.416 e. The number of esters is 1. The Labute approximate surface area is 149 Å². The quantitative estimate of drug-likeness (QED) is 0.462. The monoisotopic (exact) mass is 364 g/mol. The highest BCUT2D eigenvalue weighted by atomic mass is 19.4. The third kappa shape index (κ3) is 2.94. The van der Waals surface area contributed by atoms with Gasteiger partial charge in [0.1, 0.15) is 0 Å². The summed E-state index contributed by atoms with van der Waals surface area (Å²) >= 11 is 0. The van der Waals surface area contributed by atoms with Crippen molar-refractivity contribution in [3.63, 3.8) is 0 Å². The van der Waals surface area contributed by atoms with Crippen molar-refractivity contribution < 1.29 is 27.5 Å². The number of halogens is 3. The SMILES string of the molecule is [N-]=[N+]=C1C2CC3CC(C2)CC1(OC(=O)Cc1ccc(C(F)(F)F)cc1)C3. The molecule has 4 fully saturated rings. The van der Waals surface area contributed by atoms with Gasteiger partial charge in [0.05, 0.1) is 17.9 Å². The molecule has 0 radical (unpaired) electrons. The summed E-state index contributed by atoms with van der Waals surface area (Å²) in [7, 11) is 0. The Bertz CT molecular complexity index is 767. The van der Waals surface area contributed by atoms with Crippen molar-refractivity contribution in [3.8, 4) is 0 Å². The number of ether oxygens (including phenoxy) is 1. The molecular weight excluding hydrogens is 345 g/mol. The van der Waals surface area contributed by atoms with E-state index in [9.17, 15) is 23.5 Å². The predicted molar refractivity (Wildman–Crippen MR) is 86.2 cm³/mol. The fourth-order valence-electron chi connectivity index (χ4n) is 5.26. The third-order valence-electron chi connectivity index (χ3n) is 6.04. The minimum atomic E-state index is -4.40. The van der Waals surface area contributed by atoms with Crippen LogP contribution in [0.4, 0.5) is 13.2 Å². The second-order valence-corrected chi connectivity index (χ2v) is 7.87. The molecule has 0 N–H and O–H groups in total. The molecule has 0 saturated heterocycles. The average Bonchev–Trinajstić information content (AvgIpc) is 2.53. The van der Waals surface area contributed by atoms with Crippen molar-refractivity contribution >= 4 is 11.7 Å². The van der Waals surface area contributed by atoms with Gasteiger partial charge in [-0.15, -0.1) is 0 Å². The van der Waals surface area contributed by atoms with Crippen molar-refractivity contribution in [2.45, 2.75) is 50.3 Å². The second kappa shape index (κ2) is 5.95. The van der Waals surface area contributed by atoms with Crippen molar-refractivity contribution in [2.24, 2.45) is 17.8 Å². The van der Waals surface area contributed by atoms with E-state index in [0.717, 1.165) is 31.4 Å². The van der Waals surface area contributed by atoms with Gasteiger partial charge in [-0.05, 0) is 48.8 Å². The fourth-order valence-corrected chi connectivity index (χ4v) is 5.26. The summed E-state index contributed by atoms with van der Waals surface area (Å²) in [6.07, 6.45) is -0.0464. The van der Waals surface area contributed by atoms with Crippen LogP contribution in [-0.2, 0) is 22.1 Å². The zero-order valence-corrected chi connectivity index (χ0v) is 14.1. The molecule has 0 amide bonds. The zero-order chi connectivity index (χ0) is 18.5. The largest absolute Gasteiger partial charge is 0.446 e. The standard InChI is InChI=1S/C19H19F3N2O2/c20-19(21,22)15-3-1-11(2-4-15)8-16(25)26-18-9-12-5-13(10-18)7-14(6-12)17(18)24-23/h1-4,12-14H,5-10H2. The van der Waals surface area contributed by atoms with Crippen LogP contribution in [0.15, 0.2) is 24.3 Å². The van der Waals surface area contributed by atoms with E-state index in [1.54, 1.807) is 0 Å². The maximum atomic E-state index is 12.6. The number of carbonyl (C=O) groups is 1. The topological polar surface area (TPSA) is 62.7 Å². The van der Waals surface area contributed by atoms with Gasteiger partial charge in [-0.3, -0.25) is 4.79 Å². The average molecular weight is 364 g/mol. The van der Waals surface area contributed by atoms with E-state index in [1.165, 1.54) is 12.1 Å². The van der Waals surface area contributed by atoms with Crippen molar-refractivity contribution in [1.82, 2.24) is 0 Å². The van der Waals surface area contributed by atoms with Crippen LogP contribution in [0.2, 0.25) is 0 Å². The number of hydrogen-bond donors (Lipinski definition) is 0.